The van der Waals surface area contributed by atoms with E-state index in [4.69, 9.17) is 4.74 Å². The molecule has 1 atom stereocenters. The molecule has 34 heavy (non-hydrogen) atoms. The van der Waals surface area contributed by atoms with Gasteiger partial charge in [-0.3, -0.25) is 10.1 Å². The van der Waals surface area contributed by atoms with Crippen LogP contribution in [-0.4, -0.2) is 39.7 Å². The minimum Gasteiger partial charge on any atom is -0.491 e. The zero-order chi connectivity index (χ0) is 25.2. The summed E-state index contributed by atoms with van der Waals surface area (Å²) in [6.45, 7) is 7.11. The number of benzene rings is 1. The third-order valence-corrected chi connectivity index (χ3v) is 7.49. The standard InChI is InChI=1S/C26H39N3O5/c1-4-7-14-25(20-34-23-13-10-12-22(29(32)33)21(23)19-27)15-11-18-28(24(30)31)26(25,16-8-5-2)17-9-6-3/h10,12-13H,4-9,11,14-18,20H2,1-3H3,(H,30,31). The second-order valence-electron chi connectivity index (χ2n) is 9.47. The number of ether oxygens (including phenoxy) is 1. The van der Waals surface area contributed by atoms with Crippen molar-refractivity contribution in [1.29, 1.82) is 5.26 Å². The van der Waals surface area contributed by atoms with Crippen LogP contribution in [0, 0.1) is 26.9 Å². The zero-order valence-corrected chi connectivity index (χ0v) is 20.8. The summed E-state index contributed by atoms with van der Waals surface area (Å²) in [6, 6.07) is 6.36. The van der Waals surface area contributed by atoms with E-state index in [2.05, 4.69) is 20.8 Å². The van der Waals surface area contributed by atoms with Crippen LogP contribution in [0.4, 0.5) is 10.5 Å². The van der Waals surface area contributed by atoms with E-state index in [0.29, 0.717) is 6.54 Å². The molecule has 1 amide bonds. The fourth-order valence-electron chi connectivity index (χ4n) is 5.72. The molecule has 0 aliphatic carbocycles. The monoisotopic (exact) mass is 473 g/mol. The van der Waals surface area contributed by atoms with Crippen LogP contribution in [0.5, 0.6) is 5.75 Å². The van der Waals surface area contributed by atoms with Crippen molar-refractivity contribution < 1.29 is 19.6 Å². The molecular formula is C26H39N3O5. The molecule has 1 aliphatic rings. The van der Waals surface area contributed by atoms with E-state index in [9.17, 15) is 25.3 Å². The van der Waals surface area contributed by atoms with Crippen molar-refractivity contribution in [2.24, 2.45) is 5.41 Å². The lowest BCUT2D eigenvalue weighted by Gasteiger charge is -2.59. The Labute approximate surface area is 203 Å². The fourth-order valence-corrected chi connectivity index (χ4v) is 5.72. The SMILES string of the molecule is CCCCC1(COc2cccc([N+](=O)[O-])c2C#N)CCCN(C(=O)O)C1(CCCC)CCCC. The molecular weight excluding hydrogens is 434 g/mol. The third kappa shape index (κ3) is 5.63. The fraction of sp³-hybridized carbons (Fsp3) is 0.692. The average Bonchev–Trinajstić information content (AvgIpc) is 2.83. The summed E-state index contributed by atoms with van der Waals surface area (Å²) in [4.78, 5) is 25.1. The van der Waals surface area contributed by atoms with Gasteiger partial charge in [-0.05, 0) is 38.2 Å². The van der Waals surface area contributed by atoms with Crippen LogP contribution in [0.15, 0.2) is 18.2 Å². The minimum absolute atomic E-state index is 0.0863. The molecule has 1 fully saturated rings. The first-order valence-electron chi connectivity index (χ1n) is 12.6. The molecule has 1 unspecified atom stereocenters. The number of carbonyl (C=O) groups is 1. The molecule has 1 saturated heterocycles. The van der Waals surface area contributed by atoms with Crippen molar-refractivity contribution in [3.63, 3.8) is 0 Å². The number of likely N-dealkylation sites (tertiary alicyclic amines) is 1. The Kier molecular flexibility index (Phi) is 10.2. The molecule has 2 rings (SSSR count). The second-order valence-corrected chi connectivity index (χ2v) is 9.47. The number of nitriles is 1. The number of nitro benzene ring substituents is 1. The van der Waals surface area contributed by atoms with Crippen LogP contribution in [0.25, 0.3) is 0 Å². The van der Waals surface area contributed by atoms with Crippen LogP contribution in [0.1, 0.15) is 97.0 Å². The predicted molar refractivity (Wildman–Crippen MR) is 131 cm³/mol. The van der Waals surface area contributed by atoms with Gasteiger partial charge in [0.1, 0.15) is 11.8 Å². The molecule has 0 bridgehead atoms. The van der Waals surface area contributed by atoms with Crippen LogP contribution in [0.2, 0.25) is 0 Å². The smallest absolute Gasteiger partial charge is 0.407 e. The lowest BCUT2D eigenvalue weighted by atomic mass is 9.58. The van der Waals surface area contributed by atoms with Gasteiger partial charge < -0.3 is 14.7 Å². The number of carboxylic acid groups (broad SMARTS) is 1. The molecule has 0 spiro atoms. The van der Waals surface area contributed by atoms with E-state index in [1.165, 1.54) is 12.1 Å². The Morgan fingerprint density at radius 1 is 1.18 bits per heavy atom. The summed E-state index contributed by atoms with van der Waals surface area (Å²) < 4.78 is 6.26. The Balaban J connectivity index is 2.59. The van der Waals surface area contributed by atoms with Gasteiger partial charge in [-0.1, -0.05) is 65.4 Å². The molecule has 0 radical (unpaired) electrons. The first-order chi connectivity index (χ1) is 16.3. The minimum atomic E-state index is -0.888. The van der Waals surface area contributed by atoms with Crippen LogP contribution >= 0.6 is 0 Å². The highest BCUT2D eigenvalue weighted by atomic mass is 16.6. The van der Waals surface area contributed by atoms with Gasteiger partial charge in [-0.15, -0.1) is 0 Å². The number of nitrogens with zero attached hydrogens (tertiary/aromatic N) is 3. The van der Waals surface area contributed by atoms with Crippen molar-refractivity contribution in [3.8, 4) is 11.8 Å². The average molecular weight is 474 g/mol. The number of unbranched alkanes of at least 4 members (excludes halogenated alkanes) is 3. The summed E-state index contributed by atoms with van der Waals surface area (Å²) in [5, 5.41) is 31.3. The number of hydrogen-bond acceptors (Lipinski definition) is 5. The van der Waals surface area contributed by atoms with Crippen molar-refractivity contribution in [1.82, 2.24) is 4.90 Å². The normalized spacial score (nSPS) is 19.4. The summed E-state index contributed by atoms with van der Waals surface area (Å²) in [7, 11) is 0. The predicted octanol–water partition coefficient (Wildman–Crippen LogP) is 6.91. The van der Waals surface area contributed by atoms with Gasteiger partial charge in [0.2, 0.25) is 0 Å². The number of piperidine rings is 1. The quantitative estimate of drug-likeness (QED) is 0.245. The molecule has 1 N–H and O–H groups in total. The molecule has 8 nitrogen and oxygen atoms in total. The van der Waals surface area contributed by atoms with Gasteiger partial charge in [-0.25, -0.2) is 4.79 Å². The van der Waals surface area contributed by atoms with Crippen molar-refractivity contribution in [3.05, 3.63) is 33.9 Å². The van der Waals surface area contributed by atoms with Gasteiger partial charge in [-0.2, -0.15) is 5.26 Å². The molecule has 8 heteroatoms. The van der Waals surface area contributed by atoms with Crippen LogP contribution in [-0.2, 0) is 0 Å². The lowest BCUT2D eigenvalue weighted by Crippen LogP contribution is -2.66. The highest BCUT2D eigenvalue weighted by Crippen LogP contribution is 2.53. The number of hydrogen-bond donors (Lipinski definition) is 1. The third-order valence-electron chi connectivity index (χ3n) is 7.49. The van der Waals surface area contributed by atoms with Crippen LogP contribution in [0.3, 0.4) is 0 Å². The zero-order valence-electron chi connectivity index (χ0n) is 20.8. The van der Waals surface area contributed by atoms with Gasteiger partial charge in [0.15, 0.2) is 5.56 Å². The van der Waals surface area contributed by atoms with E-state index in [1.807, 2.05) is 6.07 Å². The largest absolute Gasteiger partial charge is 0.491 e. The van der Waals surface area contributed by atoms with E-state index >= 15 is 0 Å². The Morgan fingerprint density at radius 2 is 1.79 bits per heavy atom. The van der Waals surface area contributed by atoms with Gasteiger partial charge in [0.05, 0.1) is 17.1 Å². The number of nitro groups is 1. The maximum Gasteiger partial charge on any atom is 0.407 e. The van der Waals surface area contributed by atoms with Crippen molar-refractivity contribution >= 4 is 11.8 Å². The van der Waals surface area contributed by atoms with E-state index in [-0.39, 0.29) is 23.6 Å². The van der Waals surface area contributed by atoms with E-state index in [1.54, 1.807) is 11.0 Å². The molecule has 1 aliphatic heterocycles. The van der Waals surface area contributed by atoms with Gasteiger partial charge in [0, 0.05) is 18.0 Å². The summed E-state index contributed by atoms with van der Waals surface area (Å²) in [6.07, 6.45) is 8.74. The maximum atomic E-state index is 12.5. The Morgan fingerprint density at radius 3 is 2.32 bits per heavy atom. The second kappa shape index (κ2) is 12.6. The lowest BCUT2D eigenvalue weighted by molar-refractivity contribution is -0.385. The molecule has 188 valence electrons. The summed E-state index contributed by atoms with van der Waals surface area (Å²) >= 11 is 0. The Hall–Kier alpha value is -2.82. The molecule has 1 aromatic rings. The highest BCUT2D eigenvalue weighted by Gasteiger charge is 2.57. The summed E-state index contributed by atoms with van der Waals surface area (Å²) in [5.41, 5.74) is -1.36. The van der Waals surface area contributed by atoms with Crippen LogP contribution < -0.4 is 4.74 Å². The maximum absolute atomic E-state index is 12.5. The highest BCUT2D eigenvalue weighted by molar-refractivity contribution is 5.67. The first kappa shape index (κ1) is 27.4. The number of amides is 1. The number of rotatable bonds is 13. The van der Waals surface area contributed by atoms with Crippen molar-refractivity contribution in [2.75, 3.05) is 13.2 Å². The summed E-state index contributed by atoms with van der Waals surface area (Å²) in [5.74, 6) is 0.194. The molecule has 0 aromatic heterocycles. The topological polar surface area (TPSA) is 117 Å². The Bertz CT molecular complexity index is 874. The molecule has 1 aromatic carbocycles. The van der Waals surface area contributed by atoms with Gasteiger partial charge >= 0.3 is 6.09 Å². The van der Waals surface area contributed by atoms with Gasteiger partial charge in [0.25, 0.3) is 5.69 Å². The van der Waals surface area contributed by atoms with E-state index in [0.717, 1.165) is 70.6 Å². The molecule has 1 heterocycles. The van der Waals surface area contributed by atoms with Crippen molar-refractivity contribution in [2.45, 2.75) is 96.9 Å². The molecule has 0 saturated carbocycles. The van der Waals surface area contributed by atoms with E-state index < -0.39 is 22.0 Å². The first-order valence-corrected chi connectivity index (χ1v) is 12.6.